The standard InChI is InChI=1S/C22H21NO2/c23-22(24)15-20-9-5-4-8-19(20)14-17-10-12-21(13-11-17)25-16-18-6-2-1-3-7-18/h1-13H,14-16H2,(H2,23,24). The second kappa shape index (κ2) is 8.15. The highest BCUT2D eigenvalue weighted by Crippen LogP contribution is 2.19. The number of carbonyl (C=O) groups is 1. The van der Waals surface area contributed by atoms with Gasteiger partial charge in [-0.05, 0) is 40.8 Å². The third kappa shape index (κ3) is 4.95. The average Bonchev–Trinajstić information content (AvgIpc) is 2.63. The Labute approximate surface area is 148 Å². The number of ether oxygens (including phenoxy) is 1. The Balaban J connectivity index is 1.64. The van der Waals surface area contributed by atoms with Crippen molar-refractivity contribution in [3.8, 4) is 5.75 Å². The van der Waals surface area contributed by atoms with Crippen LogP contribution in [-0.2, 0) is 24.2 Å². The molecule has 0 saturated carbocycles. The van der Waals surface area contributed by atoms with Crippen molar-refractivity contribution in [2.75, 3.05) is 0 Å². The van der Waals surface area contributed by atoms with Gasteiger partial charge in [-0.25, -0.2) is 0 Å². The average molecular weight is 331 g/mol. The van der Waals surface area contributed by atoms with Gasteiger partial charge >= 0.3 is 0 Å². The Kier molecular flexibility index (Phi) is 5.47. The van der Waals surface area contributed by atoms with Gasteiger partial charge in [-0.15, -0.1) is 0 Å². The van der Waals surface area contributed by atoms with E-state index in [1.165, 1.54) is 5.56 Å². The molecule has 0 aliphatic heterocycles. The Hall–Kier alpha value is -3.07. The molecule has 0 saturated heterocycles. The molecule has 0 aromatic heterocycles. The van der Waals surface area contributed by atoms with Crippen LogP contribution in [0.5, 0.6) is 5.75 Å². The number of carbonyl (C=O) groups excluding carboxylic acids is 1. The largest absolute Gasteiger partial charge is 0.489 e. The second-order valence-corrected chi connectivity index (χ2v) is 6.01. The van der Waals surface area contributed by atoms with Crippen LogP contribution in [-0.4, -0.2) is 5.91 Å². The highest BCUT2D eigenvalue weighted by molar-refractivity contribution is 5.77. The molecule has 25 heavy (non-hydrogen) atoms. The molecule has 0 heterocycles. The summed E-state index contributed by atoms with van der Waals surface area (Å²) in [6, 6.07) is 26.1. The number of nitrogens with two attached hydrogens (primary N) is 1. The van der Waals surface area contributed by atoms with Crippen molar-refractivity contribution >= 4 is 5.91 Å². The molecule has 0 aliphatic rings. The number of hydrogen-bond acceptors (Lipinski definition) is 2. The van der Waals surface area contributed by atoms with Crippen molar-refractivity contribution in [1.29, 1.82) is 0 Å². The maximum atomic E-state index is 11.2. The van der Waals surface area contributed by atoms with Gasteiger partial charge in [0.05, 0.1) is 6.42 Å². The minimum atomic E-state index is -0.308. The van der Waals surface area contributed by atoms with E-state index in [1.54, 1.807) is 0 Å². The van der Waals surface area contributed by atoms with Crippen LogP contribution in [0.3, 0.4) is 0 Å². The first kappa shape index (κ1) is 16.8. The summed E-state index contributed by atoms with van der Waals surface area (Å²) in [6.07, 6.45) is 1.04. The summed E-state index contributed by atoms with van der Waals surface area (Å²) in [7, 11) is 0. The van der Waals surface area contributed by atoms with Crippen LogP contribution < -0.4 is 10.5 Å². The summed E-state index contributed by atoms with van der Waals surface area (Å²) < 4.78 is 5.81. The number of hydrogen-bond donors (Lipinski definition) is 1. The Bertz CT molecular complexity index is 826. The molecule has 1 amide bonds. The molecule has 3 aromatic rings. The van der Waals surface area contributed by atoms with E-state index < -0.39 is 0 Å². The molecule has 0 unspecified atom stereocenters. The van der Waals surface area contributed by atoms with E-state index in [1.807, 2.05) is 66.7 Å². The van der Waals surface area contributed by atoms with E-state index in [0.29, 0.717) is 6.61 Å². The zero-order chi connectivity index (χ0) is 17.5. The van der Waals surface area contributed by atoms with Crippen molar-refractivity contribution < 1.29 is 9.53 Å². The maximum Gasteiger partial charge on any atom is 0.221 e. The first-order chi connectivity index (χ1) is 12.2. The van der Waals surface area contributed by atoms with Crippen LogP contribution in [0.2, 0.25) is 0 Å². The molecule has 0 radical (unpaired) electrons. The molecule has 126 valence electrons. The minimum Gasteiger partial charge on any atom is -0.489 e. The van der Waals surface area contributed by atoms with Crippen LogP contribution in [0.25, 0.3) is 0 Å². The molecule has 3 rings (SSSR count). The van der Waals surface area contributed by atoms with Crippen LogP contribution >= 0.6 is 0 Å². The fourth-order valence-corrected chi connectivity index (χ4v) is 2.75. The molecule has 3 aromatic carbocycles. The summed E-state index contributed by atoms with van der Waals surface area (Å²) in [5.74, 6) is 0.537. The highest BCUT2D eigenvalue weighted by Gasteiger charge is 2.06. The Morgan fingerprint density at radius 1 is 0.760 bits per heavy atom. The Morgan fingerprint density at radius 3 is 2.08 bits per heavy atom. The van der Waals surface area contributed by atoms with Gasteiger partial charge in [-0.3, -0.25) is 4.79 Å². The van der Waals surface area contributed by atoms with Crippen molar-refractivity contribution in [2.45, 2.75) is 19.4 Å². The smallest absolute Gasteiger partial charge is 0.221 e. The topological polar surface area (TPSA) is 52.3 Å². The highest BCUT2D eigenvalue weighted by atomic mass is 16.5. The molecule has 0 spiro atoms. The third-order valence-corrected chi connectivity index (χ3v) is 4.05. The van der Waals surface area contributed by atoms with E-state index in [4.69, 9.17) is 10.5 Å². The monoisotopic (exact) mass is 331 g/mol. The quantitative estimate of drug-likeness (QED) is 0.714. The Morgan fingerprint density at radius 2 is 1.40 bits per heavy atom. The summed E-state index contributed by atoms with van der Waals surface area (Å²) in [5, 5.41) is 0. The van der Waals surface area contributed by atoms with E-state index in [2.05, 4.69) is 12.1 Å². The van der Waals surface area contributed by atoms with E-state index in [-0.39, 0.29) is 12.3 Å². The fourth-order valence-electron chi connectivity index (χ4n) is 2.75. The molecule has 0 aliphatic carbocycles. The van der Waals surface area contributed by atoms with Crippen LogP contribution in [0.4, 0.5) is 0 Å². The van der Waals surface area contributed by atoms with E-state index >= 15 is 0 Å². The van der Waals surface area contributed by atoms with Gasteiger partial charge in [-0.2, -0.15) is 0 Å². The van der Waals surface area contributed by atoms with Gasteiger partial charge in [0.15, 0.2) is 0 Å². The van der Waals surface area contributed by atoms with Gasteiger partial charge in [-0.1, -0.05) is 66.7 Å². The molecule has 3 nitrogen and oxygen atoms in total. The van der Waals surface area contributed by atoms with Crippen molar-refractivity contribution in [3.05, 3.63) is 101 Å². The summed E-state index contributed by atoms with van der Waals surface area (Å²) in [6.45, 7) is 0.557. The molecular formula is C22H21NO2. The lowest BCUT2D eigenvalue weighted by atomic mass is 9.98. The minimum absolute atomic E-state index is 0.272. The lowest BCUT2D eigenvalue weighted by Gasteiger charge is -2.10. The number of benzene rings is 3. The maximum absolute atomic E-state index is 11.2. The zero-order valence-electron chi connectivity index (χ0n) is 14.0. The number of amides is 1. The van der Waals surface area contributed by atoms with Crippen LogP contribution in [0.15, 0.2) is 78.9 Å². The predicted octanol–water partition coefficient (Wildman–Crippen LogP) is 3.88. The first-order valence-electron chi connectivity index (χ1n) is 8.31. The fraction of sp³-hybridized carbons (Fsp3) is 0.136. The second-order valence-electron chi connectivity index (χ2n) is 6.01. The summed E-state index contributed by atoms with van der Waals surface area (Å²) in [5.41, 5.74) is 9.76. The SMILES string of the molecule is NC(=O)Cc1ccccc1Cc1ccc(OCc2ccccc2)cc1. The number of rotatable bonds is 7. The lowest BCUT2D eigenvalue weighted by Crippen LogP contribution is -2.14. The molecular weight excluding hydrogens is 310 g/mol. The molecule has 0 fully saturated rings. The summed E-state index contributed by atoms with van der Waals surface area (Å²) in [4.78, 5) is 11.2. The van der Waals surface area contributed by atoms with E-state index in [9.17, 15) is 4.79 Å². The first-order valence-corrected chi connectivity index (χ1v) is 8.31. The van der Waals surface area contributed by atoms with Crippen molar-refractivity contribution in [2.24, 2.45) is 5.73 Å². The summed E-state index contributed by atoms with van der Waals surface area (Å²) >= 11 is 0. The normalized spacial score (nSPS) is 10.4. The van der Waals surface area contributed by atoms with Gasteiger partial charge in [0.25, 0.3) is 0 Å². The number of primary amides is 1. The van der Waals surface area contributed by atoms with Gasteiger partial charge in [0, 0.05) is 0 Å². The van der Waals surface area contributed by atoms with Gasteiger partial charge in [0.2, 0.25) is 5.91 Å². The van der Waals surface area contributed by atoms with Crippen LogP contribution in [0.1, 0.15) is 22.3 Å². The lowest BCUT2D eigenvalue weighted by molar-refractivity contribution is -0.117. The van der Waals surface area contributed by atoms with Gasteiger partial charge in [0.1, 0.15) is 12.4 Å². The van der Waals surface area contributed by atoms with Gasteiger partial charge < -0.3 is 10.5 Å². The van der Waals surface area contributed by atoms with Crippen LogP contribution in [0, 0.1) is 0 Å². The molecule has 3 heteroatoms. The molecule has 0 atom stereocenters. The molecule has 2 N–H and O–H groups in total. The van der Waals surface area contributed by atoms with Crippen molar-refractivity contribution in [3.63, 3.8) is 0 Å². The zero-order valence-corrected chi connectivity index (χ0v) is 14.0. The molecule has 0 bridgehead atoms. The third-order valence-electron chi connectivity index (χ3n) is 4.05. The van der Waals surface area contributed by atoms with E-state index in [0.717, 1.165) is 28.9 Å². The van der Waals surface area contributed by atoms with Crippen molar-refractivity contribution in [1.82, 2.24) is 0 Å². The predicted molar refractivity (Wildman–Crippen MR) is 99.4 cm³/mol.